The molecular formula is C11H19N3OS. The normalized spacial score (nSPS) is 29.8. The highest BCUT2D eigenvalue weighted by atomic mass is 32.1. The first-order chi connectivity index (χ1) is 7.59. The van der Waals surface area contributed by atoms with E-state index < -0.39 is 0 Å². The Morgan fingerprint density at radius 2 is 2.44 bits per heavy atom. The van der Waals surface area contributed by atoms with Crippen molar-refractivity contribution >= 4 is 12.2 Å². The van der Waals surface area contributed by atoms with E-state index >= 15 is 0 Å². The van der Waals surface area contributed by atoms with Crippen molar-refractivity contribution in [1.82, 2.24) is 14.8 Å². The molecule has 4 nitrogen and oxygen atoms in total. The van der Waals surface area contributed by atoms with Crippen molar-refractivity contribution in [3.8, 4) is 0 Å². The number of H-pyrrole nitrogens is 1. The molecule has 2 rings (SSSR count). The number of aromatic amines is 1. The lowest BCUT2D eigenvalue weighted by Crippen LogP contribution is -2.38. The zero-order valence-electron chi connectivity index (χ0n) is 10.1. The first kappa shape index (κ1) is 11.8. The molecule has 1 N–H and O–H groups in total. The Morgan fingerprint density at radius 1 is 1.69 bits per heavy atom. The number of aromatic nitrogens is 3. The number of ether oxygens (including phenoxy) is 1. The van der Waals surface area contributed by atoms with Gasteiger partial charge in [-0.3, -0.25) is 9.67 Å². The Hall–Kier alpha value is -0.680. The van der Waals surface area contributed by atoms with E-state index in [0.29, 0.717) is 4.77 Å². The maximum atomic E-state index is 5.67. The van der Waals surface area contributed by atoms with Gasteiger partial charge in [0, 0.05) is 13.0 Å². The van der Waals surface area contributed by atoms with Crippen molar-refractivity contribution in [2.45, 2.75) is 51.7 Å². The third-order valence-electron chi connectivity index (χ3n) is 3.58. The molecule has 0 spiro atoms. The van der Waals surface area contributed by atoms with Crippen LogP contribution >= 0.6 is 12.2 Å². The molecule has 1 saturated heterocycles. The van der Waals surface area contributed by atoms with Crippen LogP contribution in [0.5, 0.6) is 0 Å². The summed E-state index contributed by atoms with van der Waals surface area (Å²) in [4.78, 5) is 0. The van der Waals surface area contributed by atoms with Gasteiger partial charge in [-0.05, 0) is 38.9 Å². The zero-order valence-corrected chi connectivity index (χ0v) is 10.9. The molecule has 1 aromatic rings. The molecule has 1 aliphatic heterocycles. The molecule has 1 aromatic heterocycles. The molecule has 5 heteroatoms. The molecule has 90 valence electrons. The van der Waals surface area contributed by atoms with Gasteiger partial charge >= 0.3 is 0 Å². The molecule has 0 aromatic carbocycles. The number of nitrogens with one attached hydrogen (secondary N) is 1. The molecule has 0 bridgehead atoms. The smallest absolute Gasteiger partial charge is 0.195 e. The number of rotatable bonds is 3. The Balaban J connectivity index is 2.45. The van der Waals surface area contributed by atoms with Gasteiger partial charge in [0.05, 0.1) is 11.6 Å². The summed E-state index contributed by atoms with van der Waals surface area (Å²) >= 11 is 5.34. The molecule has 0 saturated carbocycles. The summed E-state index contributed by atoms with van der Waals surface area (Å²) in [6.45, 7) is 7.27. The minimum atomic E-state index is -0.0470. The van der Waals surface area contributed by atoms with Crippen molar-refractivity contribution in [3.63, 3.8) is 0 Å². The predicted molar refractivity (Wildman–Crippen MR) is 65.1 cm³/mol. The highest BCUT2D eigenvalue weighted by Gasteiger charge is 2.40. The number of aryl methyl sites for hydroxylation is 1. The summed E-state index contributed by atoms with van der Waals surface area (Å²) in [6.07, 6.45) is 3.21. The Morgan fingerprint density at radius 3 is 3.00 bits per heavy atom. The van der Waals surface area contributed by atoms with Crippen molar-refractivity contribution in [2.24, 2.45) is 0 Å². The molecular weight excluding hydrogens is 222 g/mol. The Labute approximate surface area is 101 Å². The van der Waals surface area contributed by atoms with Gasteiger partial charge in [0.15, 0.2) is 4.77 Å². The molecule has 2 unspecified atom stereocenters. The topological polar surface area (TPSA) is 42.8 Å². The average Bonchev–Trinajstić information content (AvgIpc) is 2.74. The summed E-state index contributed by atoms with van der Waals surface area (Å²) in [5.74, 6) is 1.05. The third kappa shape index (κ3) is 1.72. The molecule has 2 atom stereocenters. The summed E-state index contributed by atoms with van der Waals surface area (Å²) in [7, 11) is 0. The molecule has 16 heavy (non-hydrogen) atoms. The van der Waals surface area contributed by atoms with Gasteiger partial charge in [-0.2, -0.15) is 5.10 Å². The second kappa shape index (κ2) is 4.30. The van der Waals surface area contributed by atoms with Crippen molar-refractivity contribution in [1.29, 1.82) is 0 Å². The zero-order chi connectivity index (χ0) is 11.8. The molecule has 0 aliphatic carbocycles. The fraction of sp³-hybridized carbons (Fsp3) is 0.818. The third-order valence-corrected chi connectivity index (χ3v) is 3.85. The predicted octanol–water partition coefficient (Wildman–Crippen LogP) is 2.42. The lowest BCUT2D eigenvalue weighted by molar-refractivity contribution is 0.0741. The van der Waals surface area contributed by atoms with Crippen LogP contribution in [-0.4, -0.2) is 27.5 Å². The molecule has 2 heterocycles. The van der Waals surface area contributed by atoms with Crippen LogP contribution in [-0.2, 0) is 16.7 Å². The first-order valence-corrected chi connectivity index (χ1v) is 6.29. The van der Waals surface area contributed by atoms with E-state index in [4.69, 9.17) is 17.0 Å². The van der Waals surface area contributed by atoms with Gasteiger partial charge in [0.25, 0.3) is 0 Å². The van der Waals surface area contributed by atoms with E-state index in [1.54, 1.807) is 0 Å². The summed E-state index contributed by atoms with van der Waals surface area (Å²) < 4.78 is 8.54. The van der Waals surface area contributed by atoms with Crippen LogP contribution in [0, 0.1) is 4.77 Å². The molecule has 0 radical (unpaired) electrons. The molecule has 1 fully saturated rings. The fourth-order valence-corrected chi connectivity index (χ4v) is 2.73. The van der Waals surface area contributed by atoms with Crippen LogP contribution in [0.25, 0.3) is 0 Å². The first-order valence-electron chi connectivity index (χ1n) is 5.88. The van der Waals surface area contributed by atoms with Crippen LogP contribution in [0.3, 0.4) is 0 Å². The van der Waals surface area contributed by atoms with Crippen LogP contribution in [0.1, 0.15) is 39.4 Å². The highest BCUT2D eigenvalue weighted by molar-refractivity contribution is 7.71. The van der Waals surface area contributed by atoms with E-state index in [1.165, 1.54) is 0 Å². The van der Waals surface area contributed by atoms with E-state index in [1.807, 2.05) is 0 Å². The van der Waals surface area contributed by atoms with Crippen LogP contribution < -0.4 is 0 Å². The van der Waals surface area contributed by atoms with Gasteiger partial charge in [-0.25, -0.2) is 0 Å². The van der Waals surface area contributed by atoms with Crippen LogP contribution in [0.2, 0.25) is 0 Å². The van der Waals surface area contributed by atoms with Crippen LogP contribution in [0.4, 0.5) is 0 Å². The standard InChI is InChI=1S/C11H19N3OS/c1-4-5-9-12-13-10(16)14(9)11(3)6-7-15-8(11)2/h8H,4-7H2,1-3H3,(H,13,16). The van der Waals surface area contributed by atoms with Crippen LogP contribution in [0.15, 0.2) is 0 Å². The van der Waals surface area contributed by atoms with Crippen molar-refractivity contribution < 1.29 is 4.74 Å². The van der Waals surface area contributed by atoms with Gasteiger partial charge < -0.3 is 4.74 Å². The van der Waals surface area contributed by atoms with Crippen molar-refractivity contribution in [2.75, 3.05) is 6.61 Å². The molecule has 1 aliphatic rings. The van der Waals surface area contributed by atoms with E-state index in [9.17, 15) is 0 Å². The highest BCUT2D eigenvalue weighted by Crippen LogP contribution is 2.34. The van der Waals surface area contributed by atoms with Gasteiger partial charge in [0.1, 0.15) is 5.82 Å². The monoisotopic (exact) mass is 241 g/mol. The maximum absolute atomic E-state index is 5.67. The second-order valence-corrected chi connectivity index (χ2v) is 5.04. The van der Waals surface area contributed by atoms with Gasteiger partial charge in [0.2, 0.25) is 0 Å². The lowest BCUT2D eigenvalue weighted by Gasteiger charge is -2.30. The number of nitrogens with zero attached hydrogens (tertiary/aromatic N) is 2. The fourth-order valence-electron chi connectivity index (χ4n) is 2.37. The van der Waals surface area contributed by atoms with E-state index in [2.05, 4.69) is 35.5 Å². The maximum Gasteiger partial charge on any atom is 0.195 e. The van der Waals surface area contributed by atoms with Crippen molar-refractivity contribution in [3.05, 3.63) is 10.6 Å². The Bertz CT molecular complexity index is 425. The minimum absolute atomic E-state index is 0.0470. The van der Waals surface area contributed by atoms with Gasteiger partial charge in [-0.1, -0.05) is 6.92 Å². The largest absolute Gasteiger partial charge is 0.376 e. The van der Waals surface area contributed by atoms with E-state index in [0.717, 1.165) is 31.7 Å². The average molecular weight is 241 g/mol. The molecule has 0 amide bonds. The second-order valence-electron chi connectivity index (χ2n) is 4.65. The number of hydrogen-bond donors (Lipinski definition) is 1. The Kier molecular flexibility index (Phi) is 3.17. The lowest BCUT2D eigenvalue weighted by atomic mass is 9.94. The summed E-state index contributed by atoms with van der Waals surface area (Å²) in [6, 6.07) is 0. The SMILES string of the molecule is CCCc1n[nH]c(=S)n1C1(C)CCOC1C. The number of hydrogen-bond acceptors (Lipinski definition) is 3. The summed E-state index contributed by atoms with van der Waals surface area (Å²) in [5, 5.41) is 7.22. The quantitative estimate of drug-likeness (QED) is 0.826. The summed E-state index contributed by atoms with van der Waals surface area (Å²) in [5.41, 5.74) is -0.0470. The van der Waals surface area contributed by atoms with Gasteiger partial charge in [-0.15, -0.1) is 0 Å². The van der Waals surface area contributed by atoms with E-state index in [-0.39, 0.29) is 11.6 Å². The minimum Gasteiger partial charge on any atom is -0.376 e.